The second kappa shape index (κ2) is 9.41. The van der Waals surface area contributed by atoms with Crippen LogP contribution in [-0.2, 0) is 27.8 Å². The molecule has 0 saturated carbocycles. The van der Waals surface area contributed by atoms with E-state index in [1.807, 2.05) is 13.0 Å². The van der Waals surface area contributed by atoms with E-state index in [1.165, 1.54) is 11.1 Å². The van der Waals surface area contributed by atoms with Crippen LogP contribution in [0.2, 0.25) is 0 Å². The van der Waals surface area contributed by atoms with Crippen molar-refractivity contribution in [3.63, 3.8) is 0 Å². The highest BCUT2D eigenvalue weighted by Gasteiger charge is 2.31. The van der Waals surface area contributed by atoms with Gasteiger partial charge in [-0.15, -0.1) is 11.8 Å². The van der Waals surface area contributed by atoms with Gasteiger partial charge in [0.05, 0.1) is 10.6 Å². The minimum absolute atomic E-state index is 0.0653. The SMILES string of the molecule is C[C@@H]1CC(=O)Nc2cc(S(=O)(=O)N3CCC(CN4CCc5ccccc5C4)CC3)ccc2S1. The van der Waals surface area contributed by atoms with Crippen LogP contribution in [0.5, 0.6) is 0 Å². The maximum absolute atomic E-state index is 13.3. The Bertz CT molecular complexity index is 1140. The van der Waals surface area contributed by atoms with Crippen molar-refractivity contribution in [2.45, 2.75) is 54.2 Å². The zero-order valence-corrected chi connectivity index (χ0v) is 20.6. The van der Waals surface area contributed by atoms with E-state index in [9.17, 15) is 13.2 Å². The van der Waals surface area contributed by atoms with Crippen LogP contribution < -0.4 is 5.32 Å². The number of benzene rings is 2. The van der Waals surface area contributed by atoms with E-state index in [1.54, 1.807) is 28.2 Å². The molecule has 0 spiro atoms. The number of anilines is 1. The van der Waals surface area contributed by atoms with Crippen molar-refractivity contribution in [1.29, 1.82) is 0 Å². The number of piperidine rings is 1. The largest absolute Gasteiger partial charge is 0.325 e. The van der Waals surface area contributed by atoms with Gasteiger partial charge in [0, 0.05) is 49.3 Å². The topological polar surface area (TPSA) is 69.7 Å². The normalized spacial score (nSPS) is 22.8. The Hall–Kier alpha value is -1.87. The summed E-state index contributed by atoms with van der Waals surface area (Å²) in [5, 5.41) is 3.05. The molecular formula is C25H31N3O3S2. The number of hydrogen-bond donors (Lipinski definition) is 1. The average Bonchev–Trinajstić information content (AvgIpc) is 2.95. The molecule has 176 valence electrons. The number of carbonyl (C=O) groups excluding carboxylic acids is 1. The molecule has 3 aliphatic heterocycles. The number of sulfonamides is 1. The predicted octanol–water partition coefficient (Wildman–Crippen LogP) is 3.97. The molecule has 8 heteroatoms. The second-order valence-corrected chi connectivity index (χ2v) is 12.9. The Balaban J connectivity index is 1.22. The zero-order chi connectivity index (χ0) is 23.0. The Kier molecular flexibility index (Phi) is 6.53. The molecule has 3 heterocycles. The van der Waals surface area contributed by atoms with Gasteiger partial charge in [0.2, 0.25) is 15.9 Å². The molecule has 1 atom stereocenters. The quantitative estimate of drug-likeness (QED) is 0.710. The van der Waals surface area contributed by atoms with Crippen molar-refractivity contribution < 1.29 is 13.2 Å². The van der Waals surface area contributed by atoms with Crippen LogP contribution in [0.4, 0.5) is 5.69 Å². The smallest absolute Gasteiger partial charge is 0.243 e. The summed E-state index contributed by atoms with van der Waals surface area (Å²) in [5.74, 6) is 0.454. The minimum Gasteiger partial charge on any atom is -0.325 e. The summed E-state index contributed by atoms with van der Waals surface area (Å²) in [6, 6.07) is 13.8. The Labute approximate surface area is 200 Å². The molecule has 1 amide bonds. The lowest BCUT2D eigenvalue weighted by Crippen LogP contribution is -2.42. The molecule has 6 nitrogen and oxygen atoms in total. The summed E-state index contributed by atoms with van der Waals surface area (Å²) < 4.78 is 28.3. The molecule has 5 rings (SSSR count). The molecule has 0 radical (unpaired) electrons. The van der Waals surface area contributed by atoms with Crippen molar-refractivity contribution in [2.75, 3.05) is 31.5 Å². The van der Waals surface area contributed by atoms with Gasteiger partial charge in [0.25, 0.3) is 0 Å². The van der Waals surface area contributed by atoms with Gasteiger partial charge in [-0.3, -0.25) is 9.69 Å². The number of thioether (sulfide) groups is 1. The van der Waals surface area contributed by atoms with Crippen molar-refractivity contribution in [3.8, 4) is 0 Å². The van der Waals surface area contributed by atoms with E-state index in [2.05, 4.69) is 34.5 Å². The molecule has 0 unspecified atom stereocenters. The van der Waals surface area contributed by atoms with E-state index < -0.39 is 10.0 Å². The summed E-state index contributed by atoms with van der Waals surface area (Å²) in [5.41, 5.74) is 3.49. The summed E-state index contributed by atoms with van der Waals surface area (Å²) >= 11 is 1.61. The maximum atomic E-state index is 13.3. The number of rotatable bonds is 4. The van der Waals surface area contributed by atoms with E-state index in [-0.39, 0.29) is 16.1 Å². The molecular weight excluding hydrogens is 454 g/mol. The van der Waals surface area contributed by atoms with Gasteiger partial charge in [-0.05, 0) is 54.5 Å². The van der Waals surface area contributed by atoms with Crippen LogP contribution >= 0.6 is 11.8 Å². The fourth-order valence-corrected chi connectivity index (χ4v) is 7.70. The van der Waals surface area contributed by atoms with Crippen LogP contribution in [0.1, 0.15) is 37.3 Å². The summed E-state index contributed by atoms with van der Waals surface area (Å²) in [6.07, 6.45) is 3.28. The van der Waals surface area contributed by atoms with Crippen LogP contribution in [0.15, 0.2) is 52.3 Å². The summed E-state index contributed by atoms with van der Waals surface area (Å²) in [7, 11) is -3.58. The number of hydrogen-bond acceptors (Lipinski definition) is 5. The number of nitrogens with one attached hydrogen (secondary N) is 1. The molecule has 1 fully saturated rings. The highest BCUT2D eigenvalue weighted by Crippen LogP contribution is 2.37. The van der Waals surface area contributed by atoms with Gasteiger partial charge in [-0.1, -0.05) is 31.2 Å². The van der Waals surface area contributed by atoms with Crippen LogP contribution in [-0.4, -0.2) is 55.0 Å². The minimum atomic E-state index is -3.58. The third kappa shape index (κ3) is 4.99. The highest BCUT2D eigenvalue weighted by atomic mass is 32.2. The zero-order valence-electron chi connectivity index (χ0n) is 19.0. The Morgan fingerprint density at radius 3 is 2.61 bits per heavy atom. The fourth-order valence-electron chi connectivity index (χ4n) is 5.15. The van der Waals surface area contributed by atoms with E-state index in [4.69, 9.17) is 0 Å². The Morgan fingerprint density at radius 2 is 1.82 bits per heavy atom. The van der Waals surface area contributed by atoms with Crippen LogP contribution in [0.3, 0.4) is 0 Å². The van der Waals surface area contributed by atoms with E-state index >= 15 is 0 Å². The lowest BCUT2D eigenvalue weighted by molar-refractivity contribution is -0.116. The monoisotopic (exact) mass is 485 g/mol. The average molecular weight is 486 g/mol. The van der Waals surface area contributed by atoms with Crippen LogP contribution in [0, 0.1) is 5.92 Å². The molecule has 2 aromatic rings. The summed E-state index contributed by atoms with van der Waals surface area (Å²) in [6.45, 7) is 6.21. The van der Waals surface area contributed by atoms with Gasteiger partial charge in [0.1, 0.15) is 0 Å². The predicted molar refractivity (Wildman–Crippen MR) is 132 cm³/mol. The molecule has 2 aromatic carbocycles. The van der Waals surface area contributed by atoms with Gasteiger partial charge in [0.15, 0.2) is 0 Å². The standard InChI is InChI=1S/C25H31N3O3S2/c1-18-14-25(29)26-23-15-22(6-7-24(23)32-18)33(30,31)28-12-8-19(9-13-28)16-27-11-10-20-4-2-3-5-21(20)17-27/h2-7,15,18-19H,8-14,16-17H2,1H3,(H,26,29)/t18-/m1/s1. The Morgan fingerprint density at radius 1 is 1.06 bits per heavy atom. The van der Waals surface area contributed by atoms with Crippen molar-refractivity contribution >= 4 is 33.4 Å². The second-order valence-electron chi connectivity index (χ2n) is 9.44. The third-order valence-electron chi connectivity index (χ3n) is 6.96. The molecule has 0 aliphatic carbocycles. The molecule has 0 bridgehead atoms. The lowest BCUT2D eigenvalue weighted by atomic mass is 9.94. The van der Waals surface area contributed by atoms with E-state index in [0.29, 0.717) is 31.1 Å². The summed E-state index contributed by atoms with van der Waals surface area (Å²) in [4.78, 5) is 15.8. The number of fused-ring (bicyclic) bond motifs is 2. The van der Waals surface area contributed by atoms with Gasteiger partial charge >= 0.3 is 0 Å². The first-order valence-corrected chi connectivity index (χ1v) is 14.1. The fraction of sp³-hybridized carbons (Fsp3) is 0.480. The number of nitrogens with zero attached hydrogens (tertiary/aromatic N) is 2. The number of amides is 1. The molecule has 0 aromatic heterocycles. The van der Waals surface area contributed by atoms with Crippen molar-refractivity contribution in [1.82, 2.24) is 9.21 Å². The van der Waals surface area contributed by atoms with Crippen molar-refractivity contribution in [3.05, 3.63) is 53.6 Å². The van der Waals surface area contributed by atoms with Gasteiger partial charge in [-0.25, -0.2) is 8.42 Å². The molecule has 1 N–H and O–H groups in total. The highest BCUT2D eigenvalue weighted by molar-refractivity contribution is 8.00. The van der Waals surface area contributed by atoms with Crippen molar-refractivity contribution in [2.24, 2.45) is 5.92 Å². The number of carbonyl (C=O) groups is 1. The van der Waals surface area contributed by atoms with Gasteiger partial charge in [-0.2, -0.15) is 4.31 Å². The first kappa shape index (κ1) is 22.9. The van der Waals surface area contributed by atoms with E-state index in [0.717, 1.165) is 43.8 Å². The third-order valence-corrected chi connectivity index (χ3v) is 10.0. The lowest BCUT2D eigenvalue weighted by Gasteiger charge is -2.36. The van der Waals surface area contributed by atoms with Gasteiger partial charge < -0.3 is 5.32 Å². The molecule has 3 aliphatic rings. The maximum Gasteiger partial charge on any atom is 0.243 e. The first-order chi connectivity index (χ1) is 15.9. The molecule has 33 heavy (non-hydrogen) atoms. The van der Waals surface area contributed by atoms with Crippen LogP contribution in [0.25, 0.3) is 0 Å². The first-order valence-electron chi connectivity index (χ1n) is 11.8. The molecule has 1 saturated heterocycles.